The SMILES string of the molecule is O=C(O)c1cc2ncc(-c3ccccc3)c(C(F)(F)F)c2s1. The Hall–Kier alpha value is -2.41. The Morgan fingerprint density at radius 1 is 1.18 bits per heavy atom. The Morgan fingerprint density at radius 2 is 1.86 bits per heavy atom. The maximum absolute atomic E-state index is 13.5. The van der Waals surface area contributed by atoms with Gasteiger partial charge in [-0.3, -0.25) is 4.98 Å². The first-order valence-electron chi connectivity index (χ1n) is 6.16. The van der Waals surface area contributed by atoms with Crippen molar-refractivity contribution >= 4 is 27.5 Å². The average molecular weight is 323 g/mol. The van der Waals surface area contributed by atoms with Crippen LogP contribution in [-0.4, -0.2) is 16.1 Å². The van der Waals surface area contributed by atoms with E-state index >= 15 is 0 Å². The number of nitrogens with zero attached hydrogens (tertiary/aromatic N) is 1. The van der Waals surface area contributed by atoms with Gasteiger partial charge in [0.1, 0.15) is 4.88 Å². The van der Waals surface area contributed by atoms with Crippen LogP contribution in [0.1, 0.15) is 15.2 Å². The van der Waals surface area contributed by atoms with Gasteiger partial charge in [-0.1, -0.05) is 30.3 Å². The summed E-state index contributed by atoms with van der Waals surface area (Å²) in [6.07, 6.45) is -3.47. The normalized spacial score (nSPS) is 11.8. The van der Waals surface area contributed by atoms with Crippen LogP contribution in [0.5, 0.6) is 0 Å². The number of carboxylic acids is 1. The van der Waals surface area contributed by atoms with Crippen LogP contribution >= 0.6 is 11.3 Å². The van der Waals surface area contributed by atoms with E-state index in [-0.39, 0.29) is 20.7 Å². The lowest BCUT2D eigenvalue weighted by Gasteiger charge is -2.13. The molecule has 2 heterocycles. The smallest absolute Gasteiger partial charge is 0.418 e. The summed E-state index contributed by atoms with van der Waals surface area (Å²) >= 11 is 0.586. The second-order valence-electron chi connectivity index (χ2n) is 4.54. The Bertz CT molecular complexity index is 856. The van der Waals surface area contributed by atoms with E-state index in [1.54, 1.807) is 30.3 Å². The van der Waals surface area contributed by atoms with Crippen LogP contribution in [-0.2, 0) is 6.18 Å². The molecular formula is C15H8F3NO2S. The number of fused-ring (bicyclic) bond motifs is 1. The number of thiophene rings is 1. The summed E-state index contributed by atoms with van der Waals surface area (Å²) < 4.78 is 40.4. The highest BCUT2D eigenvalue weighted by atomic mass is 32.1. The molecule has 0 radical (unpaired) electrons. The topological polar surface area (TPSA) is 50.2 Å². The van der Waals surface area contributed by atoms with Gasteiger partial charge in [0.15, 0.2) is 0 Å². The number of aromatic nitrogens is 1. The summed E-state index contributed by atoms with van der Waals surface area (Å²) in [6, 6.07) is 9.25. The molecule has 3 rings (SSSR count). The van der Waals surface area contributed by atoms with Gasteiger partial charge in [0.2, 0.25) is 0 Å². The molecule has 7 heteroatoms. The number of pyridine rings is 1. The van der Waals surface area contributed by atoms with Crippen molar-refractivity contribution < 1.29 is 23.1 Å². The number of hydrogen-bond acceptors (Lipinski definition) is 3. The second-order valence-corrected chi connectivity index (χ2v) is 5.59. The molecule has 0 aliphatic carbocycles. The van der Waals surface area contributed by atoms with Crippen molar-refractivity contribution in [3.8, 4) is 11.1 Å². The van der Waals surface area contributed by atoms with Crippen LogP contribution in [0.3, 0.4) is 0 Å². The van der Waals surface area contributed by atoms with E-state index in [1.165, 1.54) is 0 Å². The van der Waals surface area contributed by atoms with E-state index in [0.717, 1.165) is 12.3 Å². The Balaban J connectivity index is 2.36. The van der Waals surface area contributed by atoms with E-state index in [2.05, 4.69) is 4.98 Å². The molecule has 0 fully saturated rings. The maximum Gasteiger partial charge on any atom is 0.418 e. The minimum atomic E-state index is -4.60. The molecule has 0 atom stereocenters. The number of halogens is 3. The third kappa shape index (κ3) is 2.43. The minimum absolute atomic E-state index is 0.0365. The number of alkyl halides is 3. The molecule has 1 aromatic carbocycles. The number of benzene rings is 1. The number of carboxylic acid groups (broad SMARTS) is 1. The van der Waals surface area contributed by atoms with E-state index in [0.29, 0.717) is 16.9 Å². The highest BCUT2D eigenvalue weighted by Crippen LogP contribution is 2.43. The number of rotatable bonds is 2. The predicted octanol–water partition coefficient (Wildman–Crippen LogP) is 4.68. The number of aromatic carboxylic acids is 1. The molecule has 0 aliphatic heterocycles. The van der Waals surface area contributed by atoms with Gasteiger partial charge in [0, 0.05) is 11.8 Å². The van der Waals surface area contributed by atoms with Crippen molar-refractivity contribution in [3.05, 3.63) is 53.0 Å². The van der Waals surface area contributed by atoms with Gasteiger partial charge in [-0.15, -0.1) is 11.3 Å². The van der Waals surface area contributed by atoms with Gasteiger partial charge in [0.05, 0.1) is 15.8 Å². The first kappa shape index (κ1) is 14.5. The fourth-order valence-corrected chi connectivity index (χ4v) is 3.22. The van der Waals surface area contributed by atoms with Crippen molar-refractivity contribution in [2.75, 3.05) is 0 Å². The van der Waals surface area contributed by atoms with Crippen molar-refractivity contribution in [2.24, 2.45) is 0 Å². The first-order chi connectivity index (χ1) is 10.4. The van der Waals surface area contributed by atoms with E-state index in [4.69, 9.17) is 5.11 Å². The first-order valence-corrected chi connectivity index (χ1v) is 6.98. The zero-order valence-corrected chi connectivity index (χ0v) is 11.7. The molecule has 2 aromatic heterocycles. The molecule has 0 amide bonds. The molecule has 0 spiro atoms. The van der Waals surface area contributed by atoms with Crippen LogP contribution in [0.4, 0.5) is 13.2 Å². The largest absolute Gasteiger partial charge is 0.477 e. The third-order valence-electron chi connectivity index (χ3n) is 3.12. The quantitative estimate of drug-likeness (QED) is 0.745. The van der Waals surface area contributed by atoms with Crippen LogP contribution in [0, 0.1) is 0 Å². The van der Waals surface area contributed by atoms with E-state index in [9.17, 15) is 18.0 Å². The van der Waals surface area contributed by atoms with Gasteiger partial charge in [-0.2, -0.15) is 13.2 Å². The van der Waals surface area contributed by atoms with E-state index < -0.39 is 17.7 Å². The molecule has 0 unspecified atom stereocenters. The van der Waals surface area contributed by atoms with E-state index in [1.807, 2.05) is 0 Å². The molecule has 1 N–H and O–H groups in total. The molecule has 0 bridgehead atoms. The Labute approximate surface area is 126 Å². The lowest BCUT2D eigenvalue weighted by atomic mass is 10.0. The van der Waals surface area contributed by atoms with Crippen LogP contribution < -0.4 is 0 Å². The average Bonchev–Trinajstić information content (AvgIpc) is 2.90. The van der Waals surface area contributed by atoms with Gasteiger partial charge in [-0.25, -0.2) is 4.79 Å². The minimum Gasteiger partial charge on any atom is -0.477 e. The van der Waals surface area contributed by atoms with Crippen LogP contribution in [0.15, 0.2) is 42.6 Å². The number of hydrogen-bond donors (Lipinski definition) is 1. The fraction of sp³-hybridized carbons (Fsp3) is 0.0667. The van der Waals surface area contributed by atoms with Gasteiger partial charge in [0.25, 0.3) is 0 Å². The standard InChI is InChI=1S/C15H8F3NO2S/c16-15(17,18)12-9(8-4-2-1-3-5-8)7-19-10-6-11(14(20)21)22-13(10)12/h1-7H,(H,20,21). The summed E-state index contributed by atoms with van der Waals surface area (Å²) in [5.41, 5.74) is -0.482. The molecule has 22 heavy (non-hydrogen) atoms. The summed E-state index contributed by atoms with van der Waals surface area (Å²) in [5, 5.41) is 8.97. The van der Waals surface area contributed by atoms with Crippen molar-refractivity contribution in [3.63, 3.8) is 0 Å². The molecule has 0 aliphatic rings. The van der Waals surface area contributed by atoms with Gasteiger partial charge < -0.3 is 5.11 Å². The summed E-state index contributed by atoms with van der Waals surface area (Å²) in [5.74, 6) is -1.27. The molecule has 3 aromatic rings. The molecule has 0 saturated heterocycles. The third-order valence-corrected chi connectivity index (χ3v) is 4.25. The highest BCUT2D eigenvalue weighted by molar-refractivity contribution is 7.20. The summed E-state index contributed by atoms with van der Waals surface area (Å²) in [7, 11) is 0. The molecule has 0 saturated carbocycles. The zero-order valence-electron chi connectivity index (χ0n) is 10.9. The molecule has 112 valence electrons. The zero-order chi connectivity index (χ0) is 15.9. The highest BCUT2D eigenvalue weighted by Gasteiger charge is 2.37. The lowest BCUT2D eigenvalue weighted by molar-refractivity contribution is -0.135. The lowest BCUT2D eigenvalue weighted by Crippen LogP contribution is -2.08. The summed E-state index contributed by atoms with van der Waals surface area (Å²) in [4.78, 5) is 14.8. The Morgan fingerprint density at radius 3 is 2.45 bits per heavy atom. The van der Waals surface area contributed by atoms with Crippen LogP contribution in [0.2, 0.25) is 0 Å². The monoisotopic (exact) mass is 323 g/mol. The van der Waals surface area contributed by atoms with Crippen molar-refractivity contribution in [1.82, 2.24) is 4.98 Å². The van der Waals surface area contributed by atoms with Crippen molar-refractivity contribution in [2.45, 2.75) is 6.18 Å². The molecular weight excluding hydrogens is 315 g/mol. The summed E-state index contributed by atoms with van der Waals surface area (Å²) in [6.45, 7) is 0. The Kier molecular flexibility index (Phi) is 3.37. The maximum atomic E-state index is 13.5. The number of carbonyl (C=O) groups is 1. The van der Waals surface area contributed by atoms with Crippen LogP contribution in [0.25, 0.3) is 21.3 Å². The second kappa shape index (κ2) is 5.10. The fourth-order valence-electron chi connectivity index (χ4n) is 2.20. The molecule has 3 nitrogen and oxygen atoms in total. The van der Waals surface area contributed by atoms with Gasteiger partial charge >= 0.3 is 12.1 Å². The predicted molar refractivity (Wildman–Crippen MR) is 77.0 cm³/mol. The van der Waals surface area contributed by atoms with Crippen molar-refractivity contribution in [1.29, 1.82) is 0 Å². The van der Waals surface area contributed by atoms with Gasteiger partial charge in [-0.05, 0) is 11.6 Å².